The van der Waals surface area contributed by atoms with Gasteiger partial charge in [-0.2, -0.15) is 0 Å². The molecule has 11 rings (SSSR count). The molecule has 0 aliphatic heterocycles. The molecule has 1 aliphatic carbocycles. The zero-order valence-electron chi connectivity index (χ0n) is 33.6. The SMILES string of the molecule is c1ccc(C2=C(c3ccccc3)c3ccc(-c4ccc(N(c5ccc(-c6ccccc6)cc5)c5ccc(-c6ccccc6)cc5)cc4)c4c(-c5ccccc5)ccc2c34)cc1. The zero-order valence-corrected chi connectivity index (χ0v) is 33.6. The first-order valence-corrected chi connectivity index (χ1v) is 21.0. The van der Waals surface area contributed by atoms with E-state index in [2.05, 4.69) is 254 Å². The van der Waals surface area contributed by atoms with Crippen molar-refractivity contribution in [3.8, 4) is 44.5 Å². The van der Waals surface area contributed by atoms with Crippen LogP contribution in [-0.2, 0) is 0 Å². The molecule has 0 unspecified atom stereocenters. The Kier molecular flexibility index (Phi) is 9.26. The molecule has 286 valence electrons. The van der Waals surface area contributed by atoms with Gasteiger partial charge in [0.2, 0.25) is 0 Å². The van der Waals surface area contributed by atoms with Crippen molar-refractivity contribution < 1.29 is 0 Å². The van der Waals surface area contributed by atoms with Gasteiger partial charge in [0.05, 0.1) is 0 Å². The summed E-state index contributed by atoms with van der Waals surface area (Å²) in [5.41, 5.74) is 20.5. The topological polar surface area (TPSA) is 3.24 Å². The molecule has 61 heavy (non-hydrogen) atoms. The second-order valence-electron chi connectivity index (χ2n) is 15.6. The minimum absolute atomic E-state index is 1.09. The molecule has 0 radical (unpaired) electrons. The molecule has 0 atom stereocenters. The summed E-state index contributed by atoms with van der Waals surface area (Å²) in [7, 11) is 0. The van der Waals surface area contributed by atoms with E-state index in [1.165, 1.54) is 88.7 Å². The van der Waals surface area contributed by atoms with Crippen LogP contribution in [0.4, 0.5) is 17.1 Å². The van der Waals surface area contributed by atoms with Gasteiger partial charge in [-0.3, -0.25) is 0 Å². The third-order valence-electron chi connectivity index (χ3n) is 12.1. The molecule has 0 saturated heterocycles. The fraction of sp³-hybridized carbons (Fsp3) is 0. The Labute approximate surface area is 357 Å². The minimum atomic E-state index is 1.09. The van der Waals surface area contributed by atoms with Gasteiger partial charge in [0.1, 0.15) is 0 Å². The van der Waals surface area contributed by atoms with Gasteiger partial charge in [-0.25, -0.2) is 0 Å². The lowest BCUT2D eigenvalue weighted by molar-refractivity contribution is 1.28. The van der Waals surface area contributed by atoms with E-state index < -0.39 is 0 Å². The van der Waals surface area contributed by atoms with E-state index in [0.29, 0.717) is 0 Å². The first kappa shape index (κ1) is 36.1. The van der Waals surface area contributed by atoms with Gasteiger partial charge in [-0.1, -0.05) is 212 Å². The fourth-order valence-electron chi connectivity index (χ4n) is 9.19. The third-order valence-corrected chi connectivity index (χ3v) is 12.1. The molecular weight excluding hydrogens is 735 g/mol. The maximum Gasteiger partial charge on any atom is 0.0462 e. The van der Waals surface area contributed by atoms with Crippen molar-refractivity contribution in [2.45, 2.75) is 0 Å². The van der Waals surface area contributed by atoms with E-state index in [1.807, 2.05) is 0 Å². The molecule has 10 aromatic carbocycles. The molecule has 1 heteroatoms. The Balaban J connectivity index is 1.06. The third kappa shape index (κ3) is 6.63. The average Bonchev–Trinajstić information content (AvgIpc) is 3.69. The summed E-state index contributed by atoms with van der Waals surface area (Å²) in [6.07, 6.45) is 0. The smallest absolute Gasteiger partial charge is 0.0462 e. The van der Waals surface area contributed by atoms with Gasteiger partial charge < -0.3 is 4.90 Å². The summed E-state index contributed by atoms with van der Waals surface area (Å²) in [4.78, 5) is 2.36. The largest absolute Gasteiger partial charge is 0.311 e. The Morgan fingerprint density at radius 1 is 0.180 bits per heavy atom. The van der Waals surface area contributed by atoms with Crippen molar-refractivity contribution >= 4 is 39.0 Å². The standard InChI is InChI=1S/C60H41N/c1-6-16-42(17-7-1)44-26-32-50(33-27-44)61(51-34-28-45(29-35-51)43-18-8-2-9-19-43)52-36-30-47(31-37-52)54-39-41-56-58(49-24-14-5-15-25-49)57(48-22-12-4-13-23-48)55-40-38-53(59(54)60(55)56)46-20-10-3-11-21-46/h1-41H. The van der Waals surface area contributed by atoms with Crippen molar-refractivity contribution in [1.29, 1.82) is 0 Å². The fourth-order valence-corrected chi connectivity index (χ4v) is 9.19. The van der Waals surface area contributed by atoms with Crippen molar-refractivity contribution in [3.63, 3.8) is 0 Å². The lowest BCUT2D eigenvalue weighted by atomic mass is 9.87. The minimum Gasteiger partial charge on any atom is -0.311 e. The quantitative estimate of drug-likeness (QED) is 0.141. The van der Waals surface area contributed by atoms with Crippen molar-refractivity contribution in [2.24, 2.45) is 0 Å². The monoisotopic (exact) mass is 775 g/mol. The van der Waals surface area contributed by atoms with Crippen LogP contribution in [0.2, 0.25) is 0 Å². The average molecular weight is 776 g/mol. The molecule has 0 fully saturated rings. The number of nitrogens with zero attached hydrogens (tertiary/aromatic N) is 1. The Morgan fingerprint density at radius 3 is 0.787 bits per heavy atom. The molecule has 0 heterocycles. The van der Waals surface area contributed by atoms with Crippen LogP contribution >= 0.6 is 0 Å². The first-order chi connectivity index (χ1) is 30.3. The lowest BCUT2D eigenvalue weighted by Crippen LogP contribution is -2.09. The summed E-state index contributed by atoms with van der Waals surface area (Å²) in [6.45, 7) is 0. The van der Waals surface area contributed by atoms with Crippen LogP contribution < -0.4 is 4.90 Å². The summed E-state index contributed by atoms with van der Waals surface area (Å²) < 4.78 is 0. The molecular formula is C60H41N. The number of hydrogen-bond donors (Lipinski definition) is 0. The van der Waals surface area contributed by atoms with Crippen LogP contribution in [0.5, 0.6) is 0 Å². The van der Waals surface area contributed by atoms with Crippen molar-refractivity contribution in [1.82, 2.24) is 0 Å². The van der Waals surface area contributed by atoms with E-state index in [0.717, 1.165) is 17.1 Å². The number of hydrogen-bond acceptors (Lipinski definition) is 1. The van der Waals surface area contributed by atoms with Crippen molar-refractivity contribution in [3.05, 3.63) is 271 Å². The van der Waals surface area contributed by atoms with Gasteiger partial charge in [0, 0.05) is 17.1 Å². The molecule has 0 saturated carbocycles. The molecule has 10 aromatic rings. The molecule has 0 spiro atoms. The highest BCUT2D eigenvalue weighted by Gasteiger charge is 2.29. The summed E-state index contributed by atoms with van der Waals surface area (Å²) in [6, 6.07) is 90.2. The second-order valence-corrected chi connectivity index (χ2v) is 15.6. The van der Waals surface area contributed by atoms with E-state index in [9.17, 15) is 0 Å². The number of rotatable bonds is 9. The van der Waals surface area contributed by atoms with Crippen molar-refractivity contribution in [2.75, 3.05) is 4.90 Å². The highest BCUT2D eigenvalue weighted by molar-refractivity contribution is 6.25. The Morgan fingerprint density at radius 2 is 0.426 bits per heavy atom. The van der Waals surface area contributed by atoms with Crippen LogP contribution in [-0.4, -0.2) is 0 Å². The molecule has 0 aromatic heterocycles. The maximum atomic E-state index is 2.36. The highest BCUT2D eigenvalue weighted by atomic mass is 15.1. The number of benzene rings is 10. The van der Waals surface area contributed by atoms with Crippen LogP contribution in [0.25, 0.3) is 66.4 Å². The van der Waals surface area contributed by atoms with Gasteiger partial charge in [0.15, 0.2) is 0 Å². The zero-order chi connectivity index (χ0) is 40.5. The first-order valence-electron chi connectivity index (χ1n) is 21.0. The van der Waals surface area contributed by atoms with E-state index in [4.69, 9.17) is 0 Å². The van der Waals surface area contributed by atoms with Crippen LogP contribution in [0.1, 0.15) is 22.3 Å². The summed E-state index contributed by atoms with van der Waals surface area (Å²) in [5, 5.41) is 2.58. The van der Waals surface area contributed by atoms with Gasteiger partial charge in [-0.05, 0) is 125 Å². The highest BCUT2D eigenvalue weighted by Crippen LogP contribution is 2.52. The molecule has 0 bridgehead atoms. The molecule has 0 N–H and O–H groups in total. The normalized spacial score (nSPS) is 11.9. The Hall–Kier alpha value is -8.00. The van der Waals surface area contributed by atoms with Crippen LogP contribution in [0.15, 0.2) is 249 Å². The maximum absolute atomic E-state index is 2.36. The molecule has 1 aliphatic rings. The molecule has 0 amide bonds. The van der Waals surface area contributed by atoms with E-state index >= 15 is 0 Å². The lowest BCUT2D eigenvalue weighted by Gasteiger charge is -2.26. The predicted octanol–water partition coefficient (Wildman–Crippen LogP) is 16.3. The van der Waals surface area contributed by atoms with E-state index in [1.54, 1.807) is 0 Å². The summed E-state index contributed by atoms with van der Waals surface area (Å²) >= 11 is 0. The van der Waals surface area contributed by atoms with Gasteiger partial charge in [-0.15, -0.1) is 0 Å². The predicted molar refractivity (Wildman–Crippen MR) is 258 cm³/mol. The molecule has 1 nitrogen and oxygen atoms in total. The number of anilines is 3. The second kappa shape index (κ2) is 15.6. The van der Waals surface area contributed by atoms with Crippen LogP contribution in [0, 0.1) is 0 Å². The summed E-state index contributed by atoms with van der Waals surface area (Å²) in [5.74, 6) is 0. The van der Waals surface area contributed by atoms with Crippen LogP contribution in [0.3, 0.4) is 0 Å². The van der Waals surface area contributed by atoms with E-state index in [-0.39, 0.29) is 0 Å². The Bertz CT molecular complexity index is 3010. The van der Waals surface area contributed by atoms with Gasteiger partial charge >= 0.3 is 0 Å². The van der Waals surface area contributed by atoms with Gasteiger partial charge in [0.25, 0.3) is 0 Å².